The highest BCUT2D eigenvalue weighted by molar-refractivity contribution is 5.66. The number of carboxylic acid groups (broad SMARTS) is 1. The smallest absolute Gasteiger partial charge is 0.303 e. The van der Waals surface area contributed by atoms with Gasteiger partial charge in [-0.05, 0) is 0 Å². The molecule has 0 saturated heterocycles. The fourth-order valence-corrected chi connectivity index (χ4v) is 0. The van der Waals surface area contributed by atoms with Crippen LogP contribution < -0.4 is 0 Å². The summed E-state index contributed by atoms with van der Waals surface area (Å²) in [5, 5.41) is 19.7. The largest absolute Gasteiger partial charge is 0.481 e. The Morgan fingerprint density at radius 1 is 1.57 bits per heavy atom. The highest BCUT2D eigenvalue weighted by Gasteiger charge is 1.80. The molecule has 7 heavy (non-hydrogen) atoms. The minimum atomic E-state index is -0.745. The molecule has 0 spiro atoms. The Morgan fingerprint density at radius 2 is 1.71 bits per heavy atom. The van der Waals surface area contributed by atoms with E-state index in [1.54, 1.807) is 6.92 Å². The van der Waals surface area contributed by atoms with Crippen molar-refractivity contribution in [3.05, 3.63) is 0 Å². The lowest BCUT2D eigenvalue weighted by Gasteiger charge is -1.71. The summed E-state index contributed by atoms with van der Waals surface area (Å²) in [5.41, 5.74) is 0. The molecule has 0 aromatic rings. The lowest BCUT2D eigenvalue weighted by atomic mass is 10.5. The maximum atomic E-state index is 9.37. The molecular formula is C3H8O4. The third kappa shape index (κ3) is 32.1. The highest BCUT2D eigenvalue weighted by Crippen LogP contribution is 1.67. The van der Waals surface area contributed by atoms with Gasteiger partial charge in [0.05, 0.1) is 0 Å². The molecule has 4 heteroatoms. The van der Waals surface area contributed by atoms with Crippen molar-refractivity contribution in [1.29, 1.82) is 0 Å². The molecule has 0 aliphatic carbocycles. The first-order valence-electron chi connectivity index (χ1n) is 1.69. The van der Waals surface area contributed by atoms with Crippen LogP contribution in [0, 0.1) is 0 Å². The van der Waals surface area contributed by atoms with E-state index in [4.69, 9.17) is 15.6 Å². The monoisotopic (exact) mass is 108 g/mol. The van der Waals surface area contributed by atoms with E-state index in [-0.39, 0.29) is 6.42 Å². The zero-order chi connectivity index (χ0) is 6.28. The molecule has 0 saturated carbocycles. The minimum Gasteiger partial charge on any atom is -0.481 e. The SMILES string of the molecule is CCC(=O)O.OO. The van der Waals surface area contributed by atoms with Crippen LogP contribution in [-0.2, 0) is 4.79 Å². The molecule has 0 rings (SSSR count). The van der Waals surface area contributed by atoms with Crippen molar-refractivity contribution in [2.75, 3.05) is 0 Å². The Balaban J connectivity index is 0. The van der Waals surface area contributed by atoms with Gasteiger partial charge >= 0.3 is 5.97 Å². The van der Waals surface area contributed by atoms with Crippen molar-refractivity contribution in [3.8, 4) is 0 Å². The summed E-state index contributed by atoms with van der Waals surface area (Å²) in [6, 6.07) is 0. The summed E-state index contributed by atoms with van der Waals surface area (Å²) in [6.07, 6.45) is 0.222. The van der Waals surface area contributed by atoms with Crippen LogP contribution in [0.15, 0.2) is 0 Å². The molecule has 0 aromatic heterocycles. The number of hydrogen-bond acceptors (Lipinski definition) is 3. The molecule has 44 valence electrons. The molecule has 0 atom stereocenters. The van der Waals surface area contributed by atoms with E-state index in [1.807, 2.05) is 0 Å². The standard InChI is InChI=1S/C3H6O2.H2O2/c1-2-3(4)5;1-2/h2H2,1H3,(H,4,5);1-2H. The van der Waals surface area contributed by atoms with Crippen LogP contribution >= 0.6 is 0 Å². The van der Waals surface area contributed by atoms with Crippen molar-refractivity contribution < 1.29 is 20.4 Å². The summed E-state index contributed by atoms with van der Waals surface area (Å²) in [5.74, 6) is -0.745. The maximum Gasteiger partial charge on any atom is 0.303 e. The summed E-state index contributed by atoms with van der Waals surface area (Å²) in [6.45, 7) is 1.60. The average Bonchev–Trinajstić information content (AvgIpc) is 1.73. The van der Waals surface area contributed by atoms with E-state index in [1.165, 1.54) is 0 Å². The number of hydrogen-bond donors (Lipinski definition) is 3. The van der Waals surface area contributed by atoms with Crippen LogP contribution in [-0.4, -0.2) is 21.6 Å². The predicted octanol–water partition coefficient (Wildman–Crippen LogP) is 0.498. The molecular weight excluding hydrogens is 100 g/mol. The van der Waals surface area contributed by atoms with Crippen molar-refractivity contribution in [2.45, 2.75) is 13.3 Å². The second-order valence-corrected chi connectivity index (χ2v) is 0.747. The molecule has 0 amide bonds. The van der Waals surface area contributed by atoms with E-state index in [0.717, 1.165) is 0 Å². The molecule has 0 radical (unpaired) electrons. The quantitative estimate of drug-likeness (QED) is 0.337. The highest BCUT2D eigenvalue weighted by atomic mass is 17.0. The van der Waals surface area contributed by atoms with Gasteiger partial charge in [-0.3, -0.25) is 15.3 Å². The Labute approximate surface area is 40.9 Å². The first-order chi connectivity index (χ1) is 3.27. The molecule has 0 unspecified atom stereocenters. The third-order valence-corrected chi connectivity index (χ3v) is 0.302. The van der Waals surface area contributed by atoms with Gasteiger partial charge in [0, 0.05) is 6.42 Å². The molecule has 3 N–H and O–H groups in total. The van der Waals surface area contributed by atoms with Crippen LogP contribution in [0.25, 0.3) is 0 Å². The summed E-state index contributed by atoms with van der Waals surface area (Å²) < 4.78 is 0. The first-order valence-corrected chi connectivity index (χ1v) is 1.69. The first kappa shape index (κ1) is 9.63. The molecule has 0 aromatic carbocycles. The van der Waals surface area contributed by atoms with Gasteiger partial charge in [-0.15, -0.1) is 0 Å². The average molecular weight is 108 g/mol. The van der Waals surface area contributed by atoms with E-state index >= 15 is 0 Å². The normalized spacial score (nSPS) is 6.14. The summed E-state index contributed by atoms with van der Waals surface area (Å²) in [7, 11) is 0. The van der Waals surface area contributed by atoms with Gasteiger partial charge in [0.2, 0.25) is 0 Å². The van der Waals surface area contributed by atoms with E-state index < -0.39 is 5.97 Å². The predicted molar refractivity (Wildman–Crippen MR) is 23.2 cm³/mol. The molecule has 0 heterocycles. The molecule has 0 aliphatic rings. The Morgan fingerprint density at radius 3 is 1.71 bits per heavy atom. The molecule has 0 bridgehead atoms. The van der Waals surface area contributed by atoms with Gasteiger partial charge in [0.1, 0.15) is 0 Å². The van der Waals surface area contributed by atoms with Crippen molar-refractivity contribution in [2.24, 2.45) is 0 Å². The maximum absolute atomic E-state index is 9.37. The van der Waals surface area contributed by atoms with Crippen LogP contribution in [0.5, 0.6) is 0 Å². The molecule has 4 nitrogen and oxygen atoms in total. The Hall–Kier alpha value is -0.610. The van der Waals surface area contributed by atoms with Gasteiger partial charge in [0.15, 0.2) is 0 Å². The van der Waals surface area contributed by atoms with Crippen molar-refractivity contribution in [3.63, 3.8) is 0 Å². The number of aliphatic carboxylic acids is 1. The van der Waals surface area contributed by atoms with Crippen LogP contribution in [0.1, 0.15) is 13.3 Å². The minimum absolute atomic E-state index is 0.222. The van der Waals surface area contributed by atoms with Crippen molar-refractivity contribution >= 4 is 5.97 Å². The number of rotatable bonds is 1. The molecule has 0 fully saturated rings. The Bertz CT molecular complexity index is 42.2. The molecule has 0 aliphatic heterocycles. The van der Waals surface area contributed by atoms with Gasteiger partial charge in [0.25, 0.3) is 0 Å². The van der Waals surface area contributed by atoms with Gasteiger partial charge < -0.3 is 5.11 Å². The second kappa shape index (κ2) is 9.04. The van der Waals surface area contributed by atoms with Gasteiger partial charge in [-0.2, -0.15) is 0 Å². The van der Waals surface area contributed by atoms with Crippen LogP contribution in [0.2, 0.25) is 0 Å². The Kier molecular flexibility index (Phi) is 12.4. The van der Waals surface area contributed by atoms with Crippen molar-refractivity contribution in [1.82, 2.24) is 0 Å². The second-order valence-electron chi connectivity index (χ2n) is 0.747. The van der Waals surface area contributed by atoms with E-state index in [9.17, 15) is 4.79 Å². The third-order valence-electron chi connectivity index (χ3n) is 0.302. The number of carboxylic acids is 1. The van der Waals surface area contributed by atoms with Gasteiger partial charge in [-0.1, -0.05) is 6.92 Å². The number of carbonyl (C=O) groups is 1. The fraction of sp³-hybridized carbons (Fsp3) is 0.667. The lowest BCUT2D eigenvalue weighted by molar-refractivity contribution is -0.176. The van der Waals surface area contributed by atoms with Gasteiger partial charge in [-0.25, -0.2) is 0 Å². The lowest BCUT2D eigenvalue weighted by Crippen LogP contribution is -1.86. The van der Waals surface area contributed by atoms with E-state index in [2.05, 4.69) is 0 Å². The van der Waals surface area contributed by atoms with Crippen LogP contribution in [0.3, 0.4) is 0 Å². The van der Waals surface area contributed by atoms with E-state index in [0.29, 0.717) is 0 Å². The zero-order valence-electron chi connectivity index (χ0n) is 3.96. The summed E-state index contributed by atoms with van der Waals surface area (Å²) in [4.78, 5) is 9.37. The van der Waals surface area contributed by atoms with Crippen LogP contribution in [0.4, 0.5) is 0 Å². The topological polar surface area (TPSA) is 77.8 Å². The zero-order valence-corrected chi connectivity index (χ0v) is 3.96. The summed E-state index contributed by atoms with van der Waals surface area (Å²) >= 11 is 0. The fourth-order valence-electron chi connectivity index (χ4n) is 0.